The number of hydrogen-bond acceptors (Lipinski definition) is 4. The lowest BCUT2D eigenvalue weighted by atomic mass is 10.7. The average Bonchev–Trinajstić information content (AvgIpc) is 2.17. The van der Waals surface area contributed by atoms with Crippen molar-refractivity contribution < 1.29 is 9.53 Å². The predicted molar refractivity (Wildman–Crippen MR) is 46.4 cm³/mol. The minimum absolute atomic E-state index is 0.0362. The van der Waals surface area contributed by atoms with Gasteiger partial charge in [0.05, 0.1) is 0 Å². The molecule has 0 spiro atoms. The largest absolute Gasteiger partial charge is 0.369 e. The Morgan fingerprint density at radius 1 is 1.93 bits per heavy atom. The number of ether oxygens (including phenoxy) is 1. The van der Waals surface area contributed by atoms with Gasteiger partial charge in [-0.25, -0.2) is 9.79 Å². The summed E-state index contributed by atoms with van der Waals surface area (Å²) >= 11 is 0. The van der Waals surface area contributed by atoms with Gasteiger partial charge in [0.1, 0.15) is 20.1 Å². The van der Waals surface area contributed by atoms with Crippen LogP contribution in [0.2, 0.25) is 0 Å². The summed E-state index contributed by atoms with van der Waals surface area (Å²) in [4.78, 5) is 16.1. The quantitative estimate of drug-likeness (QED) is 0.211. The van der Waals surface area contributed by atoms with E-state index < -0.39 is 0 Å². The summed E-state index contributed by atoms with van der Waals surface area (Å²) in [7, 11) is 0. The molecule has 1 fully saturated rings. The number of carbonyl (C=O) groups is 1. The number of nitriles is 1. The monoisotopic (exact) mass is 198 g/mol. The van der Waals surface area contributed by atoms with Gasteiger partial charge in [-0.2, -0.15) is 5.26 Å². The van der Waals surface area contributed by atoms with Crippen LogP contribution in [0.5, 0.6) is 0 Å². The number of nitrogens with one attached hydrogen (secondary N) is 2. The Morgan fingerprint density at radius 2 is 2.71 bits per heavy atom. The Labute approximate surface area is 80.3 Å². The number of urea groups is 1. The molecular weight excluding hydrogens is 188 g/mol. The molecule has 0 bridgehead atoms. The SMILES string of the molecule is N#CNC(N)=NCN1COCNC1=O. The lowest BCUT2D eigenvalue weighted by Gasteiger charge is -2.25. The van der Waals surface area contributed by atoms with E-state index in [9.17, 15) is 4.79 Å². The number of amides is 2. The molecule has 1 saturated heterocycles. The van der Waals surface area contributed by atoms with E-state index in [1.54, 1.807) is 6.19 Å². The summed E-state index contributed by atoms with van der Waals surface area (Å²) < 4.78 is 4.94. The van der Waals surface area contributed by atoms with Crippen molar-refractivity contribution in [3.63, 3.8) is 0 Å². The van der Waals surface area contributed by atoms with Crippen LogP contribution in [-0.4, -0.2) is 37.0 Å². The predicted octanol–water partition coefficient (Wildman–Crippen LogP) is -1.71. The standard InChI is InChI=1S/C6H10N6O2/c7-1-9-5(8)10-2-12-4-14-3-11-6(12)13/h2-4H2,(H,11,13)(H3,8,9,10). The fourth-order valence-corrected chi connectivity index (χ4v) is 0.802. The van der Waals surface area contributed by atoms with Gasteiger partial charge in [-0.15, -0.1) is 0 Å². The van der Waals surface area contributed by atoms with Crippen LogP contribution in [0.25, 0.3) is 0 Å². The Kier molecular flexibility index (Phi) is 3.51. The Balaban J connectivity index is 2.40. The van der Waals surface area contributed by atoms with Crippen LogP contribution in [0.15, 0.2) is 4.99 Å². The molecule has 0 aromatic rings. The first-order valence-corrected chi connectivity index (χ1v) is 3.79. The van der Waals surface area contributed by atoms with Crippen molar-refractivity contribution >= 4 is 12.0 Å². The maximum Gasteiger partial charge on any atom is 0.322 e. The first-order chi connectivity index (χ1) is 6.74. The molecule has 0 radical (unpaired) electrons. The van der Waals surface area contributed by atoms with Crippen molar-refractivity contribution in [1.29, 1.82) is 5.26 Å². The van der Waals surface area contributed by atoms with Crippen LogP contribution >= 0.6 is 0 Å². The van der Waals surface area contributed by atoms with Crippen LogP contribution in [-0.2, 0) is 4.74 Å². The highest BCUT2D eigenvalue weighted by atomic mass is 16.5. The summed E-state index contributed by atoms with van der Waals surface area (Å²) in [5, 5.41) is 12.8. The van der Waals surface area contributed by atoms with Gasteiger partial charge in [-0.05, 0) is 0 Å². The number of carbonyl (C=O) groups excluding carboxylic acids is 1. The van der Waals surface area contributed by atoms with Crippen LogP contribution in [0.1, 0.15) is 0 Å². The summed E-state index contributed by atoms with van der Waals surface area (Å²) in [5.41, 5.74) is 5.26. The van der Waals surface area contributed by atoms with Gasteiger partial charge in [-0.3, -0.25) is 10.2 Å². The number of aliphatic imine (C=N–C) groups is 1. The van der Waals surface area contributed by atoms with E-state index in [0.717, 1.165) is 0 Å². The van der Waals surface area contributed by atoms with Crippen molar-refractivity contribution in [2.45, 2.75) is 0 Å². The molecule has 1 aliphatic heterocycles. The fraction of sp³-hybridized carbons (Fsp3) is 0.500. The van der Waals surface area contributed by atoms with E-state index in [2.05, 4.69) is 15.6 Å². The van der Waals surface area contributed by atoms with E-state index in [0.29, 0.717) is 0 Å². The molecule has 4 N–H and O–H groups in total. The molecule has 1 heterocycles. The lowest BCUT2D eigenvalue weighted by molar-refractivity contribution is 0.0108. The zero-order valence-electron chi connectivity index (χ0n) is 7.36. The second-order valence-corrected chi connectivity index (χ2v) is 2.42. The molecule has 0 aromatic carbocycles. The van der Waals surface area contributed by atoms with Gasteiger partial charge in [-0.1, -0.05) is 0 Å². The van der Waals surface area contributed by atoms with Crippen LogP contribution in [0.4, 0.5) is 4.79 Å². The summed E-state index contributed by atoms with van der Waals surface area (Å²) in [5.74, 6) is -0.0362. The van der Waals surface area contributed by atoms with Gasteiger partial charge in [0.25, 0.3) is 0 Å². The van der Waals surface area contributed by atoms with Crippen LogP contribution in [0, 0.1) is 11.5 Å². The third-order valence-corrected chi connectivity index (χ3v) is 1.46. The number of nitrogens with zero attached hydrogens (tertiary/aromatic N) is 3. The molecule has 1 aliphatic rings. The van der Waals surface area contributed by atoms with E-state index in [-0.39, 0.29) is 32.1 Å². The molecule has 0 aromatic heterocycles. The molecule has 8 heteroatoms. The average molecular weight is 198 g/mol. The van der Waals surface area contributed by atoms with Crippen molar-refractivity contribution in [1.82, 2.24) is 15.5 Å². The smallest absolute Gasteiger partial charge is 0.322 e. The topological polar surface area (TPSA) is 116 Å². The molecule has 0 unspecified atom stereocenters. The van der Waals surface area contributed by atoms with Crippen molar-refractivity contribution in [3.8, 4) is 6.19 Å². The first kappa shape index (κ1) is 10.1. The van der Waals surface area contributed by atoms with Crippen molar-refractivity contribution in [2.24, 2.45) is 10.7 Å². The van der Waals surface area contributed by atoms with Gasteiger partial charge in [0, 0.05) is 0 Å². The molecule has 14 heavy (non-hydrogen) atoms. The van der Waals surface area contributed by atoms with Crippen LogP contribution < -0.4 is 16.4 Å². The minimum atomic E-state index is -0.273. The lowest BCUT2D eigenvalue weighted by Crippen LogP contribution is -2.48. The molecular formula is C6H10N6O2. The number of guanidine groups is 1. The third kappa shape index (κ3) is 2.80. The van der Waals surface area contributed by atoms with Gasteiger partial charge >= 0.3 is 6.03 Å². The third-order valence-electron chi connectivity index (χ3n) is 1.46. The van der Waals surface area contributed by atoms with E-state index in [4.69, 9.17) is 15.7 Å². The van der Waals surface area contributed by atoms with Crippen LogP contribution in [0.3, 0.4) is 0 Å². The van der Waals surface area contributed by atoms with Gasteiger partial charge in [0.2, 0.25) is 5.96 Å². The van der Waals surface area contributed by atoms with E-state index >= 15 is 0 Å². The van der Waals surface area contributed by atoms with Crippen molar-refractivity contribution in [3.05, 3.63) is 0 Å². The number of nitrogens with two attached hydrogens (primary N) is 1. The van der Waals surface area contributed by atoms with Gasteiger partial charge in [0.15, 0.2) is 6.19 Å². The normalized spacial score (nSPS) is 17.2. The molecule has 2 amide bonds. The maximum atomic E-state index is 11.1. The molecule has 0 aliphatic carbocycles. The first-order valence-electron chi connectivity index (χ1n) is 3.79. The highest BCUT2D eigenvalue weighted by molar-refractivity contribution is 5.79. The summed E-state index contributed by atoms with van der Waals surface area (Å²) in [6, 6.07) is -0.273. The second kappa shape index (κ2) is 4.88. The number of rotatable bonds is 2. The van der Waals surface area contributed by atoms with Gasteiger partial charge < -0.3 is 15.8 Å². The highest BCUT2D eigenvalue weighted by Gasteiger charge is 2.16. The molecule has 1 rings (SSSR count). The van der Waals surface area contributed by atoms with E-state index in [1.165, 1.54) is 4.90 Å². The summed E-state index contributed by atoms with van der Waals surface area (Å²) in [6.45, 7) is 0.409. The summed E-state index contributed by atoms with van der Waals surface area (Å²) in [6.07, 6.45) is 1.61. The Morgan fingerprint density at radius 3 is 3.36 bits per heavy atom. The minimum Gasteiger partial charge on any atom is -0.369 e. The molecule has 76 valence electrons. The maximum absolute atomic E-state index is 11.1. The highest BCUT2D eigenvalue weighted by Crippen LogP contribution is 1.95. The molecule has 0 saturated carbocycles. The second-order valence-electron chi connectivity index (χ2n) is 2.42. The fourth-order valence-electron chi connectivity index (χ4n) is 0.802. The number of hydrogen-bond donors (Lipinski definition) is 3. The Hall–Kier alpha value is -2.01. The zero-order chi connectivity index (χ0) is 10.4. The Bertz CT molecular complexity index is 283. The molecule has 8 nitrogen and oxygen atoms in total. The zero-order valence-corrected chi connectivity index (χ0v) is 7.36. The van der Waals surface area contributed by atoms with Crippen molar-refractivity contribution in [2.75, 3.05) is 20.1 Å². The van der Waals surface area contributed by atoms with E-state index in [1.807, 2.05) is 0 Å². The molecule has 0 atom stereocenters.